The third-order valence-corrected chi connectivity index (χ3v) is 3.34. The first-order chi connectivity index (χ1) is 9.41. The van der Waals surface area contributed by atoms with E-state index in [-0.39, 0.29) is 13.2 Å². The summed E-state index contributed by atoms with van der Waals surface area (Å²) in [6.07, 6.45) is 5.15. The van der Waals surface area contributed by atoms with Gasteiger partial charge in [-0.05, 0) is 19.8 Å². The normalized spacial score (nSPS) is 24.8. The Kier molecular flexibility index (Phi) is 5.49. The van der Waals surface area contributed by atoms with Crippen LogP contribution in [0, 0.1) is 11.3 Å². The van der Waals surface area contributed by atoms with E-state index in [4.69, 9.17) is 4.74 Å². The molecule has 0 spiro atoms. The second-order valence-electron chi connectivity index (χ2n) is 4.73. The number of carbonyl (C=O) groups is 3. The van der Waals surface area contributed by atoms with Gasteiger partial charge in [-0.2, -0.15) is 0 Å². The molecule has 0 aromatic rings. The van der Waals surface area contributed by atoms with Crippen molar-refractivity contribution < 1.29 is 29.0 Å². The largest absolute Gasteiger partial charge is 0.481 e. The van der Waals surface area contributed by atoms with Crippen molar-refractivity contribution in [1.29, 1.82) is 0 Å². The molecule has 0 saturated heterocycles. The van der Waals surface area contributed by atoms with E-state index in [9.17, 15) is 19.5 Å². The zero-order valence-corrected chi connectivity index (χ0v) is 11.3. The molecule has 0 amide bonds. The lowest BCUT2D eigenvalue weighted by atomic mass is 9.70. The Balaban J connectivity index is 2.56. The minimum Gasteiger partial charge on any atom is -0.481 e. The summed E-state index contributed by atoms with van der Waals surface area (Å²) < 4.78 is 9.68. The van der Waals surface area contributed by atoms with Gasteiger partial charge < -0.3 is 14.6 Å². The van der Waals surface area contributed by atoms with Crippen molar-refractivity contribution in [2.75, 3.05) is 13.2 Å². The van der Waals surface area contributed by atoms with E-state index in [0.717, 1.165) is 6.08 Å². The lowest BCUT2D eigenvalue weighted by Gasteiger charge is -2.33. The molecule has 0 aromatic heterocycles. The van der Waals surface area contributed by atoms with Crippen LogP contribution >= 0.6 is 0 Å². The Morgan fingerprint density at radius 2 is 2.00 bits per heavy atom. The van der Waals surface area contributed by atoms with Gasteiger partial charge in [-0.15, -0.1) is 0 Å². The first-order valence-corrected chi connectivity index (χ1v) is 6.26. The molecule has 110 valence electrons. The number of aliphatic carboxylic acids is 1. The molecule has 1 N–H and O–H groups in total. The third kappa shape index (κ3) is 3.69. The van der Waals surface area contributed by atoms with Gasteiger partial charge in [0.2, 0.25) is 0 Å². The van der Waals surface area contributed by atoms with Crippen LogP contribution < -0.4 is 0 Å². The smallest absolute Gasteiger partial charge is 0.330 e. The number of carboxylic acid groups (broad SMARTS) is 1. The predicted octanol–water partition coefficient (Wildman–Crippen LogP) is 1.32. The van der Waals surface area contributed by atoms with E-state index in [1.54, 1.807) is 19.1 Å². The minimum atomic E-state index is -1.09. The Hall–Kier alpha value is -2.11. The molecular formula is C14H18O6. The van der Waals surface area contributed by atoms with E-state index in [1.165, 1.54) is 0 Å². The molecule has 0 aromatic carbocycles. The highest BCUT2D eigenvalue weighted by Gasteiger charge is 2.46. The lowest BCUT2D eigenvalue weighted by Crippen LogP contribution is -2.42. The molecule has 0 radical (unpaired) electrons. The number of hydrogen-bond donors (Lipinski definition) is 1. The summed E-state index contributed by atoms with van der Waals surface area (Å²) in [6.45, 7) is 4.62. The average Bonchev–Trinajstić information content (AvgIpc) is 2.43. The fourth-order valence-electron chi connectivity index (χ4n) is 2.06. The van der Waals surface area contributed by atoms with Gasteiger partial charge >= 0.3 is 17.9 Å². The summed E-state index contributed by atoms with van der Waals surface area (Å²) in [5.74, 6) is -3.03. The number of carbonyl (C=O) groups excluding carboxylic acids is 2. The van der Waals surface area contributed by atoms with Crippen molar-refractivity contribution in [3.8, 4) is 0 Å². The first kappa shape index (κ1) is 15.9. The van der Waals surface area contributed by atoms with Gasteiger partial charge in [0.1, 0.15) is 13.2 Å². The van der Waals surface area contributed by atoms with Crippen LogP contribution in [0.4, 0.5) is 0 Å². The number of esters is 2. The number of ether oxygens (including phenoxy) is 2. The van der Waals surface area contributed by atoms with Crippen LogP contribution in [0.3, 0.4) is 0 Å². The maximum atomic E-state index is 12.1. The molecule has 20 heavy (non-hydrogen) atoms. The Labute approximate surface area is 117 Å². The van der Waals surface area contributed by atoms with Crippen LogP contribution in [0.5, 0.6) is 0 Å². The van der Waals surface area contributed by atoms with E-state index >= 15 is 0 Å². The molecule has 1 aliphatic rings. The fourth-order valence-corrected chi connectivity index (χ4v) is 2.06. The molecule has 0 aliphatic heterocycles. The highest BCUT2D eigenvalue weighted by molar-refractivity contribution is 5.85. The van der Waals surface area contributed by atoms with Crippen molar-refractivity contribution in [2.45, 2.75) is 19.8 Å². The van der Waals surface area contributed by atoms with Crippen LogP contribution in [-0.4, -0.2) is 36.2 Å². The molecule has 1 aliphatic carbocycles. The van der Waals surface area contributed by atoms with Crippen molar-refractivity contribution >= 4 is 17.9 Å². The van der Waals surface area contributed by atoms with Gasteiger partial charge in [0.25, 0.3) is 0 Å². The van der Waals surface area contributed by atoms with Gasteiger partial charge in [-0.25, -0.2) is 4.79 Å². The summed E-state index contributed by atoms with van der Waals surface area (Å²) in [4.78, 5) is 34.1. The van der Waals surface area contributed by atoms with Crippen molar-refractivity contribution in [3.05, 3.63) is 24.8 Å². The number of rotatable bonds is 6. The van der Waals surface area contributed by atoms with E-state index in [0.29, 0.717) is 12.8 Å². The van der Waals surface area contributed by atoms with Gasteiger partial charge in [0, 0.05) is 6.08 Å². The Morgan fingerprint density at radius 1 is 1.35 bits per heavy atom. The average molecular weight is 282 g/mol. The van der Waals surface area contributed by atoms with Crippen LogP contribution in [0.25, 0.3) is 0 Å². The lowest BCUT2D eigenvalue weighted by molar-refractivity contribution is -0.168. The highest BCUT2D eigenvalue weighted by Crippen LogP contribution is 2.39. The standard InChI is InChI=1S/C14H18O6/c1-3-11(15)19-8-9-20-13(18)14(2)7-5-4-6-10(14)12(16)17/h3-5,10H,1,6-9H2,2H3,(H,16,17). The second-order valence-corrected chi connectivity index (χ2v) is 4.73. The number of allylic oxidation sites excluding steroid dienone is 2. The monoisotopic (exact) mass is 282 g/mol. The number of carboxylic acids is 1. The minimum absolute atomic E-state index is 0.0831. The van der Waals surface area contributed by atoms with E-state index in [2.05, 4.69) is 11.3 Å². The van der Waals surface area contributed by atoms with Crippen LogP contribution in [0.15, 0.2) is 24.8 Å². The quantitative estimate of drug-likeness (QED) is 0.342. The van der Waals surface area contributed by atoms with Crippen molar-refractivity contribution in [3.63, 3.8) is 0 Å². The molecule has 0 fully saturated rings. The first-order valence-electron chi connectivity index (χ1n) is 6.26. The zero-order chi connectivity index (χ0) is 15.2. The van der Waals surface area contributed by atoms with Crippen molar-refractivity contribution in [2.24, 2.45) is 11.3 Å². The molecule has 0 heterocycles. The molecule has 2 atom stereocenters. The maximum Gasteiger partial charge on any atom is 0.330 e. The second kappa shape index (κ2) is 6.88. The maximum absolute atomic E-state index is 12.1. The predicted molar refractivity (Wildman–Crippen MR) is 69.7 cm³/mol. The van der Waals surface area contributed by atoms with Crippen molar-refractivity contribution in [1.82, 2.24) is 0 Å². The molecule has 0 saturated carbocycles. The molecule has 6 heteroatoms. The summed E-state index contributed by atoms with van der Waals surface area (Å²) in [6, 6.07) is 0. The van der Waals surface area contributed by atoms with Crippen LogP contribution in [0.2, 0.25) is 0 Å². The molecular weight excluding hydrogens is 264 g/mol. The van der Waals surface area contributed by atoms with Crippen LogP contribution in [0.1, 0.15) is 19.8 Å². The molecule has 0 bridgehead atoms. The number of hydrogen-bond acceptors (Lipinski definition) is 5. The SMILES string of the molecule is C=CC(=O)OCCOC(=O)C1(C)CC=CCC1C(=O)O. The Bertz CT molecular complexity index is 439. The zero-order valence-electron chi connectivity index (χ0n) is 11.3. The summed E-state index contributed by atoms with van der Waals surface area (Å²) in [5.41, 5.74) is -1.09. The topological polar surface area (TPSA) is 89.9 Å². The third-order valence-electron chi connectivity index (χ3n) is 3.34. The van der Waals surface area contributed by atoms with E-state index < -0.39 is 29.2 Å². The van der Waals surface area contributed by atoms with Gasteiger partial charge in [0.15, 0.2) is 0 Å². The molecule has 2 unspecified atom stereocenters. The summed E-state index contributed by atoms with van der Waals surface area (Å²) >= 11 is 0. The van der Waals surface area contributed by atoms with Gasteiger partial charge in [-0.1, -0.05) is 18.7 Å². The highest BCUT2D eigenvalue weighted by atomic mass is 16.6. The molecule has 1 rings (SSSR count). The summed E-state index contributed by atoms with van der Waals surface area (Å²) in [7, 11) is 0. The molecule has 6 nitrogen and oxygen atoms in total. The fraction of sp³-hybridized carbons (Fsp3) is 0.500. The Morgan fingerprint density at radius 3 is 2.60 bits per heavy atom. The summed E-state index contributed by atoms with van der Waals surface area (Å²) in [5, 5.41) is 9.18. The van der Waals surface area contributed by atoms with Gasteiger partial charge in [0.05, 0.1) is 11.3 Å². The van der Waals surface area contributed by atoms with E-state index in [1.807, 2.05) is 0 Å². The van der Waals surface area contributed by atoms with Gasteiger partial charge in [-0.3, -0.25) is 9.59 Å². The van der Waals surface area contributed by atoms with Crippen LogP contribution in [-0.2, 0) is 23.9 Å².